The molecule has 1 fully saturated rings. The zero-order valence-electron chi connectivity index (χ0n) is 28.4. The number of hydrogen-bond donors (Lipinski definition) is 1. The Morgan fingerprint density at radius 1 is 1.16 bits per heavy atom. The number of fused-ring (bicyclic) bond motifs is 4. The summed E-state index contributed by atoms with van der Waals surface area (Å²) in [4.78, 5) is 20.1. The average Bonchev–Trinajstić information content (AvgIpc) is 3.22. The summed E-state index contributed by atoms with van der Waals surface area (Å²) in [5.41, 5.74) is 3.43. The van der Waals surface area contributed by atoms with Crippen molar-refractivity contribution in [3.63, 3.8) is 0 Å². The Kier molecular flexibility index (Phi) is 9.07. The number of allylic oxidation sites excluding steroid dienone is 1. The standard InChI is InChI=1S/C39H45ClFN3O4S/c1-25-7-5-18-39(47-3,30-11-16-36(41)42-21-30)33-13-9-29(33)22-44-23-38(17-6-8-27-19-31(40)12-14-32(27)38)24-48-35-15-10-28(20-34(35)44)37(45)43-49(4,46)26(25)2/h5,10-12,14-16,18-21,25-26,29,33H,4,6-9,13,17,22-24H2,1-3H3,(H,43,45,46)/b18-5+/t25-,26+,29-,33+,38-,39-,49?/m0/s1. The van der Waals surface area contributed by atoms with Gasteiger partial charge in [-0.05, 0) is 117 Å². The first-order valence-electron chi connectivity index (χ1n) is 17.3. The number of nitrogens with zero attached hydrogens (tertiary/aromatic N) is 2. The maximum absolute atomic E-state index is 14.1. The smallest absolute Gasteiger partial charge is 0.262 e. The zero-order valence-corrected chi connectivity index (χ0v) is 30.0. The molecule has 1 N–H and O–H groups in total. The van der Waals surface area contributed by atoms with Gasteiger partial charge in [-0.25, -0.2) is 9.19 Å². The van der Waals surface area contributed by atoms with Gasteiger partial charge in [-0.15, -0.1) is 0 Å². The van der Waals surface area contributed by atoms with E-state index in [2.05, 4.69) is 44.8 Å². The summed E-state index contributed by atoms with van der Waals surface area (Å²) in [6, 6.07) is 14.9. The Morgan fingerprint density at radius 2 is 2.00 bits per heavy atom. The van der Waals surface area contributed by atoms with Gasteiger partial charge in [0.2, 0.25) is 5.95 Å². The Balaban J connectivity index is 1.36. The number of halogens is 2. The van der Waals surface area contributed by atoms with Gasteiger partial charge in [0.05, 0.1) is 22.0 Å². The summed E-state index contributed by atoms with van der Waals surface area (Å²) in [5.74, 6) is 3.99. The van der Waals surface area contributed by atoms with Crippen LogP contribution in [0.2, 0.25) is 5.02 Å². The van der Waals surface area contributed by atoms with E-state index in [-0.39, 0.29) is 23.2 Å². The first-order chi connectivity index (χ1) is 23.4. The molecule has 1 amide bonds. The van der Waals surface area contributed by atoms with Crippen molar-refractivity contribution in [2.24, 2.45) is 17.8 Å². The van der Waals surface area contributed by atoms with Crippen LogP contribution >= 0.6 is 11.6 Å². The molecule has 2 aliphatic carbocycles. The molecule has 7 nitrogen and oxygen atoms in total. The van der Waals surface area contributed by atoms with Crippen LogP contribution in [0.4, 0.5) is 10.1 Å². The van der Waals surface area contributed by atoms with Crippen LogP contribution in [0, 0.1) is 23.7 Å². The fraction of sp³-hybridized carbons (Fsp3) is 0.462. The van der Waals surface area contributed by atoms with Gasteiger partial charge < -0.3 is 14.4 Å². The van der Waals surface area contributed by atoms with Crippen molar-refractivity contribution in [2.45, 2.75) is 68.6 Å². The molecule has 260 valence electrons. The summed E-state index contributed by atoms with van der Waals surface area (Å²) in [6.07, 6.45) is 11.2. The second-order valence-electron chi connectivity index (χ2n) is 14.6. The second-order valence-corrected chi connectivity index (χ2v) is 17.4. The molecule has 1 saturated carbocycles. The van der Waals surface area contributed by atoms with Crippen LogP contribution in [0.5, 0.6) is 5.75 Å². The van der Waals surface area contributed by atoms with E-state index in [0.29, 0.717) is 37.4 Å². The highest BCUT2D eigenvalue weighted by atomic mass is 35.5. The molecule has 2 bridgehead atoms. The number of carbonyl (C=O) groups excluding carboxylic acids is 1. The topological polar surface area (TPSA) is 80.8 Å². The highest BCUT2D eigenvalue weighted by Gasteiger charge is 2.50. The molecule has 2 aromatic carbocycles. The fourth-order valence-corrected chi connectivity index (χ4v) is 10.3. The molecule has 1 unspecified atom stereocenters. The van der Waals surface area contributed by atoms with Crippen LogP contribution in [0.25, 0.3) is 0 Å². The SMILES string of the molecule is C=S1(=O)NC(=O)c2ccc3c(c2)N(C[C@@H]2CC[C@H]2[C@@](OC)(c2ccc(F)nc2)/C=C/C[C@H](C)[C@H]1C)C[C@@]1(CCCc2cc(Cl)ccc21)CO3. The number of nitrogens with one attached hydrogen (secondary N) is 1. The number of ether oxygens (including phenoxy) is 2. The average molecular weight is 706 g/mol. The highest BCUT2D eigenvalue weighted by molar-refractivity contribution is 7.99. The molecule has 4 aliphatic rings. The third-order valence-corrected chi connectivity index (χ3v) is 14.2. The fourth-order valence-electron chi connectivity index (χ4n) is 8.60. The second kappa shape index (κ2) is 13.1. The van der Waals surface area contributed by atoms with Crippen LogP contribution in [-0.4, -0.2) is 53.0 Å². The Bertz CT molecular complexity index is 1890. The van der Waals surface area contributed by atoms with Crippen molar-refractivity contribution in [2.75, 3.05) is 31.7 Å². The molecule has 0 radical (unpaired) electrons. The molecule has 1 aromatic heterocycles. The maximum atomic E-state index is 14.1. The zero-order chi connectivity index (χ0) is 34.6. The van der Waals surface area contributed by atoms with Crippen LogP contribution in [-0.2, 0) is 31.9 Å². The summed E-state index contributed by atoms with van der Waals surface area (Å²) in [5, 5.41) is 0.326. The number of aryl methyl sites for hydroxylation is 1. The van der Waals surface area contributed by atoms with Crippen molar-refractivity contribution in [3.8, 4) is 5.75 Å². The largest absolute Gasteiger partial charge is 0.490 e. The van der Waals surface area contributed by atoms with Gasteiger partial charge in [0.15, 0.2) is 0 Å². The normalized spacial score (nSPS) is 33.7. The minimum Gasteiger partial charge on any atom is -0.490 e. The number of aromatic nitrogens is 1. The number of benzene rings is 2. The number of rotatable bonds is 2. The predicted molar refractivity (Wildman–Crippen MR) is 194 cm³/mol. The van der Waals surface area contributed by atoms with E-state index < -0.39 is 32.4 Å². The van der Waals surface area contributed by atoms with Gasteiger partial charge >= 0.3 is 0 Å². The van der Waals surface area contributed by atoms with Gasteiger partial charge in [-0.1, -0.05) is 36.7 Å². The number of pyridine rings is 1. The first kappa shape index (κ1) is 34.1. The maximum Gasteiger partial charge on any atom is 0.262 e. The number of carbonyl (C=O) groups is 1. The molecule has 1 spiro atoms. The minimum absolute atomic E-state index is 0.0621. The first-order valence-corrected chi connectivity index (χ1v) is 19.5. The molecule has 3 aromatic rings. The van der Waals surface area contributed by atoms with E-state index in [9.17, 15) is 13.4 Å². The highest BCUT2D eigenvalue weighted by Crippen LogP contribution is 2.52. The van der Waals surface area contributed by atoms with E-state index in [1.165, 1.54) is 17.2 Å². The lowest BCUT2D eigenvalue weighted by Crippen LogP contribution is -2.52. The van der Waals surface area contributed by atoms with E-state index in [1.54, 1.807) is 25.4 Å². The minimum atomic E-state index is -3.01. The van der Waals surface area contributed by atoms with Gasteiger partial charge in [-0.3, -0.25) is 9.52 Å². The van der Waals surface area contributed by atoms with Crippen LogP contribution in [0.3, 0.4) is 0 Å². The van der Waals surface area contributed by atoms with Crippen LogP contribution < -0.4 is 14.4 Å². The monoisotopic (exact) mass is 705 g/mol. The molecule has 7 atom stereocenters. The molecule has 49 heavy (non-hydrogen) atoms. The molecule has 2 aliphatic heterocycles. The van der Waals surface area contributed by atoms with Gasteiger partial charge in [0.25, 0.3) is 5.91 Å². The van der Waals surface area contributed by atoms with Gasteiger partial charge in [-0.2, -0.15) is 4.39 Å². The van der Waals surface area contributed by atoms with E-state index in [0.717, 1.165) is 48.4 Å². The third kappa shape index (κ3) is 6.16. The lowest BCUT2D eigenvalue weighted by molar-refractivity contribution is -0.0806. The van der Waals surface area contributed by atoms with E-state index >= 15 is 0 Å². The quantitative estimate of drug-likeness (QED) is 0.172. The number of hydrogen-bond acceptors (Lipinski definition) is 6. The number of amides is 1. The summed E-state index contributed by atoms with van der Waals surface area (Å²) in [6.45, 7) is 5.77. The molecule has 10 heteroatoms. The predicted octanol–water partition coefficient (Wildman–Crippen LogP) is 7.26. The van der Waals surface area contributed by atoms with Crippen molar-refractivity contribution >= 4 is 38.8 Å². The number of anilines is 1. The van der Waals surface area contributed by atoms with Crippen molar-refractivity contribution in [1.29, 1.82) is 0 Å². The Labute approximate surface area is 294 Å². The summed E-state index contributed by atoms with van der Waals surface area (Å²) >= 11 is 6.47. The summed E-state index contributed by atoms with van der Waals surface area (Å²) in [7, 11) is -1.29. The van der Waals surface area contributed by atoms with Gasteiger partial charge in [0.1, 0.15) is 11.4 Å². The third-order valence-electron chi connectivity index (χ3n) is 11.8. The Morgan fingerprint density at radius 3 is 2.73 bits per heavy atom. The van der Waals surface area contributed by atoms with Crippen LogP contribution in [0.15, 0.2) is 66.9 Å². The lowest BCUT2D eigenvalue weighted by atomic mass is 9.62. The van der Waals surface area contributed by atoms with Gasteiger partial charge in [0, 0.05) is 59.1 Å². The molecule has 7 rings (SSSR count). The molecule has 0 saturated heterocycles. The Hall–Kier alpha value is -3.40. The van der Waals surface area contributed by atoms with Crippen molar-refractivity contribution in [3.05, 3.63) is 100 Å². The van der Waals surface area contributed by atoms with Crippen LogP contribution in [0.1, 0.15) is 73.0 Å². The molecular formula is C39H45ClFN3O4S. The summed E-state index contributed by atoms with van der Waals surface area (Å²) < 4.78 is 44.0. The van der Waals surface area contributed by atoms with Crippen molar-refractivity contribution < 1.29 is 22.9 Å². The molecular weight excluding hydrogens is 661 g/mol. The number of methoxy groups -OCH3 is 1. The van der Waals surface area contributed by atoms with E-state index in [1.807, 2.05) is 32.0 Å². The lowest BCUT2D eigenvalue weighted by Gasteiger charge is -2.50. The molecule has 3 heterocycles. The van der Waals surface area contributed by atoms with Crippen molar-refractivity contribution in [1.82, 2.24) is 9.71 Å². The van der Waals surface area contributed by atoms with E-state index in [4.69, 9.17) is 21.1 Å².